The Morgan fingerprint density at radius 1 is 1.32 bits per heavy atom. The maximum atomic E-state index is 12.4. The smallest absolute Gasteiger partial charge is 0.290 e. The minimum absolute atomic E-state index is 0.0812. The molecule has 0 saturated heterocycles. The van der Waals surface area contributed by atoms with Crippen molar-refractivity contribution in [3.8, 4) is 0 Å². The molecule has 5 heteroatoms. The zero-order chi connectivity index (χ0) is 13.4. The summed E-state index contributed by atoms with van der Waals surface area (Å²) in [7, 11) is 0. The molecule has 19 heavy (non-hydrogen) atoms. The zero-order valence-corrected chi connectivity index (χ0v) is 12.1. The second-order valence-electron chi connectivity index (χ2n) is 4.78. The molecule has 3 rings (SSSR count). The molecule has 1 amide bonds. The molecule has 0 unspecified atom stereocenters. The lowest BCUT2D eigenvalue weighted by Crippen LogP contribution is -2.32. The van der Waals surface area contributed by atoms with Gasteiger partial charge in [0, 0.05) is 6.04 Å². The van der Waals surface area contributed by atoms with E-state index in [2.05, 4.69) is 15.9 Å². The fourth-order valence-electron chi connectivity index (χ4n) is 2.06. The van der Waals surface area contributed by atoms with Crippen LogP contribution in [0.2, 0.25) is 0 Å². The molecule has 0 spiro atoms. The average Bonchev–Trinajstić information content (AvgIpc) is 3.00. The van der Waals surface area contributed by atoms with Gasteiger partial charge in [-0.2, -0.15) is 0 Å². The molecule has 1 fully saturated rings. The Labute approximate surface area is 119 Å². The number of hydrogen-bond acceptors (Lipinski definition) is 3. The van der Waals surface area contributed by atoms with Gasteiger partial charge in [-0.15, -0.1) is 0 Å². The maximum Gasteiger partial charge on any atom is 0.290 e. The fraction of sp³-hybridized carbons (Fsp3) is 0.357. The van der Waals surface area contributed by atoms with Crippen LogP contribution >= 0.6 is 15.9 Å². The van der Waals surface area contributed by atoms with Crippen LogP contribution in [-0.2, 0) is 6.54 Å². The summed E-state index contributed by atoms with van der Waals surface area (Å²) in [6.45, 7) is 2.39. The van der Waals surface area contributed by atoms with Gasteiger partial charge in [0.15, 0.2) is 10.4 Å². The zero-order valence-electron chi connectivity index (χ0n) is 10.6. The number of halogens is 1. The highest BCUT2D eigenvalue weighted by Crippen LogP contribution is 2.30. The second kappa shape index (κ2) is 4.89. The van der Waals surface area contributed by atoms with E-state index in [4.69, 9.17) is 8.83 Å². The standard InChI is InChI=1S/C14H14BrNO3/c1-9-2-5-11(18-9)8-16(10-3-4-10)14(17)12-6-7-13(15)19-12/h2,5-7,10H,3-4,8H2,1H3. The van der Waals surface area contributed by atoms with Crippen LogP contribution in [-0.4, -0.2) is 16.8 Å². The molecule has 100 valence electrons. The monoisotopic (exact) mass is 323 g/mol. The largest absolute Gasteiger partial charge is 0.464 e. The van der Waals surface area contributed by atoms with Crippen molar-refractivity contribution in [3.63, 3.8) is 0 Å². The lowest BCUT2D eigenvalue weighted by atomic mass is 10.3. The van der Waals surface area contributed by atoms with E-state index in [0.717, 1.165) is 24.4 Å². The first-order chi connectivity index (χ1) is 9.13. The first-order valence-corrected chi connectivity index (χ1v) is 7.04. The second-order valence-corrected chi connectivity index (χ2v) is 5.56. The fourth-order valence-corrected chi connectivity index (χ4v) is 2.37. The molecule has 0 radical (unpaired) electrons. The van der Waals surface area contributed by atoms with Crippen molar-refractivity contribution in [2.75, 3.05) is 0 Å². The highest BCUT2D eigenvalue weighted by Gasteiger charge is 2.34. The third-order valence-corrected chi connectivity index (χ3v) is 3.58. The Hall–Kier alpha value is -1.49. The summed E-state index contributed by atoms with van der Waals surface area (Å²) in [6.07, 6.45) is 2.10. The summed E-state index contributed by atoms with van der Waals surface area (Å²) in [5, 5.41) is 0. The van der Waals surface area contributed by atoms with Gasteiger partial charge in [0.2, 0.25) is 0 Å². The Morgan fingerprint density at radius 3 is 2.63 bits per heavy atom. The van der Waals surface area contributed by atoms with Gasteiger partial charge in [-0.1, -0.05) is 0 Å². The van der Waals surface area contributed by atoms with E-state index in [-0.39, 0.29) is 5.91 Å². The van der Waals surface area contributed by atoms with Crippen LogP contribution in [0.1, 0.15) is 34.9 Å². The van der Waals surface area contributed by atoms with E-state index < -0.39 is 0 Å². The highest BCUT2D eigenvalue weighted by atomic mass is 79.9. The predicted molar refractivity (Wildman–Crippen MR) is 72.7 cm³/mol. The van der Waals surface area contributed by atoms with Gasteiger partial charge in [0.1, 0.15) is 11.5 Å². The van der Waals surface area contributed by atoms with Crippen LogP contribution in [0.3, 0.4) is 0 Å². The number of carbonyl (C=O) groups excluding carboxylic acids is 1. The van der Waals surface area contributed by atoms with E-state index in [0.29, 0.717) is 23.0 Å². The average molecular weight is 324 g/mol. The van der Waals surface area contributed by atoms with E-state index in [1.807, 2.05) is 24.0 Å². The van der Waals surface area contributed by atoms with Crippen molar-refractivity contribution in [2.45, 2.75) is 32.4 Å². The molecule has 1 saturated carbocycles. The lowest BCUT2D eigenvalue weighted by Gasteiger charge is -2.19. The van der Waals surface area contributed by atoms with Crippen molar-refractivity contribution >= 4 is 21.8 Å². The number of aryl methyl sites for hydroxylation is 1. The summed E-state index contributed by atoms with van der Waals surface area (Å²) in [6, 6.07) is 7.55. The van der Waals surface area contributed by atoms with Gasteiger partial charge in [0.05, 0.1) is 6.54 Å². The molecule has 0 atom stereocenters. The summed E-state index contributed by atoms with van der Waals surface area (Å²) < 4.78 is 11.5. The molecule has 1 aliphatic carbocycles. The molecule has 4 nitrogen and oxygen atoms in total. The SMILES string of the molecule is Cc1ccc(CN(C(=O)c2ccc(Br)o2)C2CC2)o1. The van der Waals surface area contributed by atoms with E-state index in [1.54, 1.807) is 12.1 Å². The summed E-state index contributed by atoms with van der Waals surface area (Å²) in [5.41, 5.74) is 0. The van der Waals surface area contributed by atoms with Crippen LogP contribution in [0, 0.1) is 6.92 Å². The third kappa shape index (κ3) is 2.76. The van der Waals surface area contributed by atoms with Crippen LogP contribution in [0.25, 0.3) is 0 Å². The minimum Gasteiger partial charge on any atom is -0.464 e. The van der Waals surface area contributed by atoms with Crippen molar-refractivity contribution in [1.29, 1.82) is 0 Å². The van der Waals surface area contributed by atoms with Gasteiger partial charge in [-0.3, -0.25) is 4.79 Å². The third-order valence-electron chi connectivity index (χ3n) is 3.15. The number of carbonyl (C=O) groups is 1. The van der Waals surface area contributed by atoms with Crippen LogP contribution < -0.4 is 0 Å². The molecule has 0 N–H and O–H groups in total. The molecule has 0 aromatic carbocycles. The van der Waals surface area contributed by atoms with E-state index in [9.17, 15) is 4.79 Å². The van der Waals surface area contributed by atoms with Gasteiger partial charge in [-0.05, 0) is 60.0 Å². The quantitative estimate of drug-likeness (QED) is 0.860. The van der Waals surface area contributed by atoms with Crippen molar-refractivity contribution in [1.82, 2.24) is 4.90 Å². The Bertz CT molecular complexity index is 597. The minimum atomic E-state index is -0.0812. The number of rotatable bonds is 4. The number of hydrogen-bond donors (Lipinski definition) is 0. The lowest BCUT2D eigenvalue weighted by molar-refractivity contribution is 0.0683. The highest BCUT2D eigenvalue weighted by molar-refractivity contribution is 9.10. The van der Waals surface area contributed by atoms with Gasteiger partial charge < -0.3 is 13.7 Å². The molecular formula is C14H14BrNO3. The predicted octanol–water partition coefficient (Wildman–Crippen LogP) is 3.75. The molecule has 1 aliphatic rings. The summed E-state index contributed by atoms with van der Waals surface area (Å²) in [4.78, 5) is 14.2. The number of amides is 1. The molecule has 2 aromatic rings. The van der Waals surface area contributed by atoms with E-state index >= 15 is 0 Å². The first-order valence-electron chi connectivity index (χ1n) is 6.25. The van der Waals surface area contributed by atoms with Crippen molar-refractivity contribution in [3.05, 3.63) is 46.2 Å². The van der Waals surface area contributed by atoms with Crippen LogP contribution in [0.4, 0.5) is 0 Å². The summed E-state index contributed by atoms with van der Waals surface area (Å²) in [5.74, 6) is 1.95. The molecule has 0 aliphatic heterocycles. The molecule has 2 aromatic heterocycles. The Morgan fingerprint density at radius 2 is 2.11 bits per heavy atom. The molecule has 2 heterocycles. The maximum absolute atomic E-state index is 12.4. The van der Waals surface area contributed by atoms with Crippen LogP contribution in [0.5, 0.6) is 0 Å². The van der Waals surface area contributed by atoms with Crippen LogP contribution in [0.15, 0.2) is 37.8 Å². The van der Waals surface area contributed by atoms with Crippen molar-refractivity contribution < 1.29 is 13.6 Å². The topological polar surface area (TPSA) is 46.6 Å². The number of furan rings is 2. The molecular weight excluding hydrogens is 310 g/mol. The van der Waals surface area contributed by atoms with Gasteiger partial charge in [0.25, 0.3) is 5.91 Å². The Kier molecular flexibility index (Phi) is 3.22. The van der Waals surface area contributed by atoms with E-state index in [1.165, 1.54) is 0 Å². The number of nitrogens with zero attached hydrogens (tertiary/aromatic N) is 1. The van der Waals surface area contributed by atoms with Gasteiger partial charge in [-0.25, -0.2) is 0 Å². The normalized spacial score (nSPS) is 14.6. The summed E-state index contributed by atoms with van der Waals surface area (Å²) >= 11 is 3.22. The van der Waals surface area contributed by atoms with Crippen molar-refractivity contribution in [2.24, 2.45) is 0 Å². The van der Waals surface area contributed by atoms with Gasteiger partial charge >= 0.3 is 0 Å². The molecule has 0 bridgehead atoms. The first kappa shape index (κ1) is 12.5. The Balaban J connectivity index is 1.79.